The van der Waals surface area contributed by atoms with Crippen molar-refractivity contribution in [3.05, 3.63) is 77.9 Å². The lowest BCUT2D eigenvalue weighted by molar-refractivity contribution is 0.0932. The van der Waals surface area contributed by atoms with Crippen molar-refractivity contribution in [2.45, 2.75) is 25.3 Å². The molecule has 0 spiro atoms. The zero-order chi connectivity index (χ0) is 16.1. The molecule has 0 fully saturated rings. The lowest BCUT2D eigenvalue weighted by Gasteiger charge is -2.26. The summed E-state index contributed by atoms with van der Waals surface area (Å²) in [6.07, 6.45) is 4.89. The first kappa shape index (κ1) is 15.3. The Hall–Kier alpha value is -2.55. The molecule has 0 radical (unpaired) electrons. The van der Waals surface area contributed by atoms with Gasteiger partial charge in [0.2, 0.25) is 0 Å². The molecule has 1 aliphatic carbocycles. The van der Waals surface area contributed by atoms with Gasteiger partial charge in [-0.25, -0.2) is 0 Å². The summed E-state index contributed by atoms with van der Waals surface area (Å²) in [7, 11) is 0. The third kappa shape index (κ3) is 3.62. The maximum Gasteiger partial charge on any atom is 0.251 e. The van der Waals surface area contributed by atoms with Crippen molar-refractivity contribution < 1.29 is 9.53 Å². The minimum atomic E-state index is -0.0398. The van der Waals surface area contributed by atoms with Crippen LogP contribution in [-0.2, 0) is 6.42 Å². The van der Waals surface area contributed by atoms with Crippen LogP contribution in [0, 0.1) is 0 Å². The van der Waals surface area contributed by atoms with Crippen LogP contribution in [0.15, 0.2) is 61.2 Å². The van der Waals surface area contributed by atoms with E-state index in [1.807, 2.05) is 18.2 Å². The number of hydrogen-bond acceptors (Lipinski definition) is 2. The molecular weight excluding hydrogens is 286 g/mol. The van der Waals surface area contributed by atoms with Gasteiger partial charge in [0, 0.05) is 5.56 Å². The maximum atomic E-state index is 12.5. The van der Waals surface area contributed by atoms with E-state index >= 15 is 0 Å². The summed E-state index contributed by atoms with van der Waals surface area (Å²) in [5, 5.41) is 3.16. The normalized spacial score (nSPS) is 16.3. The first-order valence-corrected chi connectivity index (χ1v) is 8.00. The first-order chi connectivity index (χ1) is 11.3. The molecule has 2 aromatic rings. The fourth-order valence-electron chi connectivity index (χ4n) is 3.00. The van der Waals surface area contributed by atoms with E-state index in [4.69, 9.17) is 4.74 Å². The predicted molar refractivity (Wildman–Crippen MR) is 91.7 cm³/mol. The summed E-state index contributed by atoms with van der Waals surface area (Å²) in [6, 6.07) is 15.7. The van der Waals surface area contributed by atoms with Gasteiger partial charge < -0.3 is 10.1 Å². The number of ether oxygens (including phenoxy) is 1. The number of nitrogens with one attached hydrogen (secondary N) is 1. The number of aryl methyl sites for hydroxylation is 1. The molecule has 0 saturated carbocycles. The third-order valence-corrected chi connectivity index (χ3v) is 4.16. The van der Waals surface area contributed by atoms with Crippen LogP contribution in [0.3, 0.4) is 0 Å². The highest BCUT2D eigenvalue weighted by Gasteiger charge is 2.21. The average molecular weight is 307 g/mol. The Bertz CT molecular complexity index is 691. The van der Waals surface area contributed by atoms with E-state index in [1.54, 1.807) is 18.2 Å². The second-order valence-electron chi connectivity index (χ2n) is 5.74. The third-order valence-electron chi connectivity index (χ3n) is 4.16. The van der Waals surface area contributed by atoms with E-state index in [-0.39, 0.29) is 11.9 Å². The lowest BCUT2D eigenvalue weighted by Crippen LogP contribution is -2.30. The Morgan fingerprint density at radius 1 is 1.22 bits per heavy atom. The molecule has 3 heteroatoms. The topological polar surface area (TPSA) is 38.3 Å². The van der Waals surface area contributed by atoms with E-state index < -0.39 is 0 Å². The molecule has 0 unspecified atom stereocenters. The first-order valence-electron chi connectivity index (χ1n) is 8.00. The van der Waals surface area contributed by atoms with Gasteiger partial charge in [-0.15, -0.1) is 0 Å². The zero-order valence-corrected chi connectivity index (χ0v) is 13.1. The van der Waals surface area contributed by atoms with Gasteiger partial charge in [0.15, 0.2) is 0 Å². The zero-order valence-electron chi connectivity index (χ0n) is 13.1. The Morgan fingerprint density at radius 2 is 2.00 bits per heavy atom. The fraction of sp³-hybridized carbons (Fsp3) is 0.250. The van der Waals surface area contributed by atoms with Gasteiger partial charge in [0.1, 0.15) is 12.4 Å². The molecule has 23 heavy (non-hydrogen) atoms. The Balaban J connectivity index is 1.69. The minimum absolute atomic E-state index is 0.0398. The van der Waals surface area contributed by atoms with E-state index in [1.165, 1.54) is 11.1 Å². The molecule has 0 saturated heterocycles. The summed E-state index contributed by atoms with van der Waals surface area (Å²) >= 11 is 0. The SMILES string of the molecule is C=CCOc1ccc(C(=O)N[C@@H]2CCCc3ccccc32)cc1. The predicted octanol–water partition coefficient (Wildman–Crippen LogP) is 4.06. The molecule has 3 rings (SSSR count). The van der Waals surface area contributed by atoms with E-state index in [0.717, 1.165) is 25.0 Å². The van der Waals surface area contributed by atoms with Crippen LogP contribution in [0.4, 0.5) is 0 Å². The van der Waals surface area contributed by atoms with E-state index in [0.29, 0.717) is 12.2 Å². The van der Waals surface area contributed by atoms with Crippen LogP contribution in [0.25, 0.3) is 0 Å². The van der Waals surface area contributed by atoms with Gasteiger partial charge in [0.25, 0.3) is 5.91 Å². The molecule has 1 amide bonds. The largest absolute Gasteiger partial charge is 0.490 e. The van der Waals surface area contributed by atoms with Gasteiger partial charge in [-0.1, -0.05) is 36.9 Å². The molecule has 1 aliphatic rings. The standard InChI is InChI=1S/C20H21NO2/c1-2-14-23-17-12-10-16(11-13-17)20(22)21-19-9-5-7-15-6-3-4-8-18(15)19/h2-4,6,8,10-13,19H,1,5,7,9,14H2,(H,21,22)/t19-/m1/s1. The van der Waals surface area contributed by atoms with E-state index in [9.17, 15) is 4.79 Å². The molecule has 2 aromatic carbocycles. The molecular formula is C20H21NO2. The van der Waals surface area contributed by atoms with Crippen molar-refractivity contribution >= 4 is 5.91 Å². The molecule has 0 heterocycles. The summed E-state index contributed by atoms with van der Waals surface area (Å²) in [5.41, 5.74) is 3.24. The van der Waals surface area contributed by atoms with Crippen LogP contribution in [0.2, 0.25) is 0 Å². The second-order valence-corrected chi connectivity index (χ2v) is 5.74. The van der Waals surface area contributed by atoms with Gasteiger partial charge in [-0.2, -0.15) is 0 Å². The summed E-state index contributed by atoms with van der Waals surface area (Å²) in [4.78, 5) is 12.5. The monoisotopic (exact) mass is 307 g/mol. The molecule has 0 aliphatic heterocycles. The summed E-state index contributed by atoms with van der Waals surface area (Å²) in [6.45, 7) is 4.08. The Morgan fingerprint density at radius 3 is 2.78 bits per heavy atom. The fourth-order valence-corrected chi connectivity index (χ4v) is 3.00. The molecule has 118 valence electrons. The van der Waals surface area contributed by atoms with Crippen LogP contribution in [0.5, 0.6) is 5.75 Å². The number of hydrogen-bond donors (Lipinski definition) is 1. The van der Waals surface area contributed by atoms with Crippen LogP contribution in [-0.4, -0.2) is 12.5 Å². The Labute approximate surface area is 137 Å². The molecule has 0 aromatic heterocycles. The average Bonchev–Trinajstić information content (AvgIpc) is 2.60. The number of rotatable bonds is 5. The molecule has 0 bridgehead atoms. The van der Waals surface area contributed by atoms with Gasteiger partial charge in [-0.3, -0.25) is 4.79 Å². The number of fused-ring (bicyclic) bond motifs is 1. The van der Waals surface area contributed by atoms with Gasteiger partial charge in [0.05, 0.1) is 6.04 Å². The van der Waals surface area contributed by atoms with Crippen LogP contribution in [0.1, 0.15) is 40.4 Å². The Kier molecular flexibility index (Phi) is 4.77. The molecule has 1 atom stereocenters. The van der Waals surface area contributed by atoms with Gasteiger partial charge >= 0.3 is 0 Å². The maximum absolute atomic E-state index is 12.5. The highest BCUT2D eigenvalue weighted by molar-refractivity contribution is 5.94. The van der Waals surface area contributed by atoms with Crippen LogP contribution < -0.4 is 10.1 Å². The van der Waals surface area contributed by atoms with Crippen molar-refractivity contribution in [3.63, 3.8) is 0 Å². The number of carbonyl (C=O) groups is 1. The number of amides is 1. The van der Waals surface area contributed by atoms with Crippen molar-refractivity contribution in [3.8, 4) is 5.75 Å². The second kappa shape index (κ2) is 7.14. The van der Waals surface area contributed by atoms with Gasteiger partial charge in [-0.05, 0) is 54.7 Å². The quantitative estimate of drug-likeness (QED) is 0.846. The summed E-state index contributed by atoms with van der Waals surface area (Å²) < 4.78 is 5.44. The molecule has 3 nitrogen and oxygen atoms in total. The van der Waals surface area contributed by atoms with Crippen molar-refractivity contribution in [1.29, 1.82) is 0 Å². The van der Waals surface area contributed by atoms with Crippen molar-refractivity contribution in [2.75, 3.05) is 6.61 Å². The highest BCUT2D eigenvalue weighted by atomic mass is 16.5. The number of benzene rings is 2. The smallest absolute Gasteiger partial charge is 0.251 e. The highest BCUT2D eigenvalue weighted by Crippen LogP contribution is 2.29. The van der Waals surface area contributed by atoms with Crippen LogP contribution >= 0.6 is 0 Å². The lowest BCUT2D eigenvalue weighted by atomic mass is 9.87. The van der Waals surface area contributed by atoms with Crippen molar-refractivity contribution in [1.82, 2.24) is 5.32 Å². The van der Waals surface area contributed by atoms with E-state index in [2.05, 4.69) is 30.1 Å². The summed E-state index contributed by atoms with van der Waals surface area (Å²) in [5.74, 6) is 0.700. The number of carbonyl (C=O) groups excluding carboxylic acids is 1. The minimum Gasteiger partial charge on any atom is -0.490 e. The van der Waals surface area contributed by atoms with Crippen molar-refractivity contribution in [2.24, 2.45) is 0 Å². The molecule has 1 N–H and O–H groups in total.